The van der Waals surface area contributed by atoms with Gasteiger partial charge in [-0.1, -0.05) is 34.6 Å². The summed E-state index contributed by atoms with van der Waals surface area (Å²) in [7, 11) is 0. The van der Waals surface area contributed by atoms with E-state index in [0.717, 1.165) is 32.5 Å². The van der Waals surface area contributed by atoms with Gasteiger partial charge in [-0.25, -0.2) is 0 Å². The maximum atomic E-state index is 9.76. The Balaban J connectivity index is 2.26. The molecule has 0 radical (unpaired) electrons. The van der Waals surface area contributed by atoms with E-state index in [0.29, 0.717) is 5.92 Å². The van der Waals surface area contributed by atoms with Gasteiger partial charge in [-0.2, -0.15) is 5.48 Å². The molecule has 0 atom stereocenters. The van der Waals surface area contributed by atoms with Crippen molar-refractivity contribution >= 4 is 0 Å². The van der Waals surface area contributed by atoms with Gasteiger partial charge in [-0.15, -0.1) is 0 Å². The quantitative estimate of drug-likeness (QED) is 0.764. The maximum Gasteiger partial charge on any atom is 0.169 e. The van der Waals surface area contributed by atoms with Gasteiger partial charge < -0.3 is 14.7 Å². The van der Waals surface area contributed by atoms with Gasteiger partial charge in [0.15, 0.2) is 5.79 Å². The molecule has 2 fully saturated rings. The summed E-state index contributed by atoms with van der Waals surface area (Å²) in [5.41, 5.74) is 1.94. The monoisotopic (exact) mass is 285 g/mol. The summed E-state index contributed by atoms with van der Waals surface area (Å²) in [6.45, 7) is 14.6. The molecule has 4 heteroatoms. The van der Waals surface area contributed by atoms with Crippen LogP contribution < -0.4 is 5.48 Å². The summed E-state index contributed by atoms with van der Waals surface area (Å²) in [5, 5.41) is 9.76. The van der Waals surface area contributed by atoms with Crippen molar-refractivity contribution < 1.29 is 14.7 Å². The lowest BCUT2D eigenvalue weighted by atomic mass is 9.51. The van der Waals surface area contributed by atoms with Crippen LogP contribution in [0.25, 0.3) is 0 Å². The third-order valence-electron chi connectivity index (χ3n) is 6.09. The first-order chi connectivity index (χ1) is 9.11. The molecule has 0 aromatic heterocycles. The van der Waals surface area contributed by atoms with Gasteiger partial charge in [-0.05, 0) is 24.2 Å². The molecule has 0 amide bonds. The van der Waals surface area contributed by atoms with Gasteiger partial charge >= 0.3 is 0 Å². The van der Waals surface area contributed by atoms with Crippen molar-refractivity contribution in [2.45, 2.75) is 72.1 Å². The number of hydrogen-bond acceptors (Lipinski definition) is 4. The smallest absolute Gasteiger partial charge is 0.169 e. The number of ether oxygens (including phenoxy) is 2. The average molecular weight is 285 g/mol. The fourth-order valence-corrected chi connectivity index (χ4v) is 4.05. The van der Waals surface area contributed by atoms with E-state index in [1.54, 1.807) is 0 Å². The maximum absolute atomic E-state index is 9.76. The Hall–Kier alpha value is -0.160. The minimum absolute atomic E-state index is 0.136. The molecule has 1 saturated carbocycles. The molecule has 0 aromatic carbocycles. The molecule has 1 aliphatic carbocycles. The van der Waals surface area contributed by atoms with Crippen molar-refractivity contribution in [3.05, 3.63) is 0 Å². The third-order valence-corrected chi connectivity index (χ3v) is 6.09. The summed E-state index contributed by atoms with van der Waals surface area (Å²) in [6, 6.07) is 0. The first kappa shape index (κ1) is 16.2. The lowest BCUT2D eigenvalue weighted by Gasteiger charge is -2.62. The van der Waals surface area contributed by atoms with Crippen LogP contribution in [0.4, 0.5) is 0 Å². The zero-order valence-electron chi connectivity index (χ0n) is 13.9. The van der Waals surface area contributed by atoms with E-state index in [1.807, 2.05) is 0 Å². The summed E-state index contributed by atoms with van der Waals surface area (Å²) in [4.78, 5) is 0. The Bertz CT molecular complexity index is 337. The molecule has 1 saturated heterocycles. The Morgan fingerprint density at radius 1 is 1.00 bits per heavy atom. The van der Waals surface area contributed by atoms with E-state index in [1.165, 1.54) is 0 Å². The fourth-order valence-electron chi connectivity index (χ4n) is 4.05. The first-order valence-electron chi connectivity index (χ1n) is 7.81. The van der Waals surface area contributed by atoms with Crippen molar-refractivity contribution in [3.63, 3.8) is 0 Å². The number of rotatable bonds is 2. The average Bonchev–Trinajstić information content (AvgIpc) is 2.35. The van der Waals surface area contributed by atoms with Crippen LogP contribution in [0.5, 0.6) is 0 Å². The van der Waals surface area contributed by atoms with Crippen LogP contribution in [0.15, 0.2) is 0 Å². The molecule has 4 nitrogen and oxygen atoms in total. The van der Waals surface area contributed by atoms with Crippen LogP contribution in [0.1, 0.15) is 60.8 Å². The summed E-state index contributed by atoms with van der Waals surface area (Å²) >= 11 is 0. The molecule has 1 heterocycles. The van der Waals surface area contributed by atoms with E-state index in [-0.39, 0.29) is 16.4 Å². The van der Waals surface area contributed by atoms with Crippen molar-refractivity contribution in [3.8, 4) is 0 Å². The highest BCUT2D eigenvalue weighted by atomic mass is 16.7. The van der Waals surface area contributed by atoms with E-state index < -0.39 is 5.79 Å². The fraction of sp³-hybridized carbons (Fsp3) is 1.00. The van der Waals surface area contributed by atoms with Crippen LogP contribution in [0, 0.1) is 16.7 Å². The van der Waals surface area contributed by atoms with Crippen LogP contribution in [-0.4, -0.2) is 29.7 Å². The lowest BCUT2D eigenvalue weighted by molar-refractivity contribution is -0.337. The summed E-state index contributed by atoms with van der Waals surface area (Å²) < 4.78 is 12.4. The van der Waals surface area contributed by atoms with Crippen molar-refractivity contribution in [1.82, 2.24) is 5.48 Å². The predicted octanol–water partition coefficient (Wildman–Crippen LogP) is 3.34. The molecule has 1 spiro atoms. The van der Waals surface area contributed by atoms with E-state index in [9.17, 15) is 5.21 Å². The minimum atomic E-state index is -0.491. The zero-order chi connectivity index (χ0) is 15.2. The summed E-state index contributed by atoms with van der Waals surface area (Å²) in [6.07, 6.45) is 2.69. The number of hydrogen-bond donors (Lipinski definition) is 2. The van der Waals surface area contributed by atoms with E-state index >= 15 is 0 Å². The first-order valence-corrected chi connectivity index (χ1v) is 7.81. The molecular weight excluding hydrogens is 254 g/mol. The second kappa shape index (κ2) is 4.94. The molecule has 2 rings (SSSR count). The normalized spacial score (nSPS) is 43.6. The van der Waals surface area contributed by atoms with Crippen LogP contribution in [0.2, 0.25) is 0 Å². The molecule has 20 heavy (non-hydrogen) atoms. The van der Waals surface area contributed by atoms with Crippen molar-refractivity contribution in [2.24, 2.45) is 16.7 Å². The Labute approximate surface area is 123 Å². The van der Waals surface area contributed by atoms with Crippen LogP contribution >= 0.6 is 0 Å². The molecule has 0 unspecified atom stereocenters. The molecule has 0 aromatic rings. The van der Waals surface area contributed by atoms with Crippen LogP contribution in [0.3, 0.4) is 0 Å². The highest BCUT2D eigenvalue weighted by Crippen LogP contribution is 2.58. The molecule has 118 valence electrons. The van der Waals surface area contributed by atoms with E-state index in [2.05, 4.69) is 47.0 Å². The third kappa shape index (κ3) is 2.31. The SMILES string of the molecule is CCC1COC2(CC(C)(C)C(C)(NO)C(C)(C)C2)OC1. The predicted molar refractivity (Wildman–Crippen MR) is 78.5 cm³/mol. The number of nitrogens with one attached hydrogen (secondary N) is 1. The summed E-state index contributed by atoms with van der Waals surface area (Å²) in [5.74, 6) is 0.0193. The molecule has 1 aliphatic heterocycles. The second-order valence-corrected chi connectivity index (χ2v) is 8.17. The molecule has 2 aliphatic rings. The van der Waals surface area contributed by atoms with E-state index in [4.69, 9.17) is 9.47 Å². The van der Waals surface area contributed by atoms with Gasteiger partial charge in [0.05, 0.1) is 18.8 Å². The van der Waals surface area contributed by atoms with Gasteiger partial charge in [0, 0.05) is 18.8 Å². The Kier molecular flexibility index (Phi) is 4.00. The number of hydroxylamine groups is 1. The molecular formula is C16H31NO3. The molecule has 0 bridgehead atoms. The highest BCUT2D eigenvalue weighted by Gasteiger charge is 2.62. The highest BCUT2D eigenvalue weighted by molar-refractivity contribution is 5.12. The largest absolute Gasteiger partial charge is 0.350 e. The Morgan fingerprint density at radius 2 is 1.45 bits per heavy atom. The van der Waals surface area contributed by atoms with Crippen molar-refractivity contribution in [1.29, 1.82) is 0 Å². The minimum Gasteiger partial charge on any atom is -0.350 e. The Morgan fingerprint density at radius 3 is 1.80 bits per heavy atom. The van der Waals surface area contributed by atoms with Gasteiger partial charge in [0.1, 0.15) is 0 Å². The molecule has 2 N–H and O–H groups in total. The standard InChI is InChI=1S/C16H31NO3/c1-7-12-8-19-16(20-9-12)10-13(2,3)15(6,17-18)14(4,5)11-16/h12,17-18H,7-11H2,1-6H3. The zero-order valence-corrected chi connectivity index (χ0v) is 13.9. The van der Waals surface area contributed by atoms with Gasteiger partial charge in [0.2, 0.25) is 0 Å². The van der Waals surface area contributed by atoms with Gasteiger partial charge in [0.25, 0.3) is 0 Å². The topological polar surface area (TPSA) is 50.7 Å². The lowest BCUT2D eigenvalue weighted by Crippen LogP contribution is -2.70. The van der Waals surface area contributed by atoms with Crippen LogP contribution in [-0.2, 0) is 9.47 Å². The van der Waals surface area contributed by atoms with Gasteiger partial charge in [-0.3, -0.25) is 0 Å². The second-order valence-electron chi connectivity index (χ2n) is 8.17. The van der Waals surface area contributed by atoms with Crippen molar-refractivity contribution in [2.75, 3.05) is 13.2 Å².